The molecule has 0 fully saturated rings. The first kappa shape index (κ1) is 16.1. The molecule has 21 heavy (non-hydrogen) atoms. The molecule has 0 unspecified atom stereocenters. The molecule has 0 spiro atoms. The second kappa shape index (κ2) is 6.25. The first-order chi connectivity index (χ1) is 9.79. The molecule has 1 heterocycles. The lowest BCUT2D eigenvalue weighted by Crippen LogP contribution is -2.14. The molecular weight excluding hydrogens is 348 g/mol. The van der Waals surface area contributed by atoms with Gasteiger partial charge in [0.15, 0.2) is 6.61 Å². The molecule has 0 atom stereocenters. The van der Waals surface area contributed by atoms with Crippen LogP contribution >= 0.6 is 34.5 Å². The second-order valence-electron chi connectivity index (χ2n) is 3.94. The Hall–Kier alpha value is -1.24. The van der Waals surface area contributed by atoms with Crippen molar-refractivity contribution in [3.05, 3.63) is 50.1 Å². The Labute approximate surface area is 132 Å². The van der Waals surface area contributed by atoms with Crippen molar-refractivity contribution >= 4 is 40.3 Å². The summed E-state index contributed by atoms with van der Waals surface area (Å²) in [6, 6.07) is 6.03. The number of benzene rings is 1. The number of ether oxygens (including phenoxy) is 1. The van der Waals surface area contributed by atoms with Crippen molar-refractivity contribution in [1.29, 1.82) is 0 Å². The minimum Gasteiger partial charge on any atom is -0.485 e. The van der Waals surface area contributed by atoms with Crippen molar-refractivity contribution in [3.8, 4) is 5.75 Å². The van der Waals surface area contributed by atoms with E-state index in [1.165, 1.54) is 18.2 Å². The fourth-order valence-corrected chi connectivity index (χ4v) is 3.08. The zero-order valence-corrected chi connectivity index (χ0v) is 12.5. The molecule has 0 bridgehead atoms. The van der Waals surface area contributed by atoms with E-state index >= 15 is 0 Å². The highest BCUT2D eigenvalue weighted by atomic mass is 35.5. The van der Waals surface area contributed by atoms with E-state index in [1.54, 1.807) is 0 Å². The molecule has 0 N–H and O–H groups in total. The molecule has 0 saturated carbocycles. The van der Waals surface area contributed by atoms with E-state index in [4.69, 9.17) is 27.9 Å². The number of rotatable bonds is 4. The third-order valence-corrected chi connectivity index (χ3v) is 4.00. The Morgan fingerprint density at radius 1 is 1.24 bits per heavy atom. The van der Waals surface area contributed by atoms with Gasteiger partial charge < -0.3 is 4.74 Å². The Bertz CT molecular complexity index is 668. The third-order valence-electron chi connectivity index (χ3n) is 2.51. The molecule has 0 radical (unpaired) electrons. The molecule has 1 aromatic carbocycles. The molecule has 0 saturated heterocycles. The van der Waals surface area contributed by atoms with Crippen LogP contribution in [0.4, 0.5) is 13.2 Å². The molecule has 8 heteroatoms. The molecule has 1 aromatic heterocycles. The highest BCUT2D eigenvalue weighted by Crippen LogP contribution is 2.36. The fraction of sp³-hybridized carbons (Fsp3) is 0.154. The summed E-state index contributed by atoms with van der Waals surface area (Å²) in [5, 5.41) is 0. The predicted molar refractivity (Wildman–Crippen MR) is 75.6 cm³/mol. The first-order valence-electron chi connectivity index (χ1n) is 5.56. The van der Waals surface area contributed by atoms with Crippen molar-refractivity contribution in [1.82, 2.24) is 0 Å². The van der Waals surface area contributed by atoms with Crippen molar-refractivity contribution in [2.24, 2.45) is 0 Å². The van der Waals surface area contributed by atoms with Gasteiger partial charge in [-0.2, -0.15) is 13.2 Å². The molecular formula is C13H7Cl2F3O2S. The number of hydrogen-bond acceptors (Lipinski definition) is 3. The van der Waals surface area contributed by atoms with Crippen LogP contribution in [0.3, 0.4) is 0 Å². The summed E-state index contributed by atoms with van der Waals surface area (Å²) >= 11 is 12.5. The monoisotopic (exact) mass is 354 g/mol. The van der Waals surface area contributed by atoms with Gasteiger partial charge in [0, 0.05) is 0 Å². The fourth-order valence-electron chi connectivity index (χ4n) is 1.58. The number of carbonyl (C=O) groups excluding carboxylic acids is 1. The van der Waals surface area contributed by atoms with Crippen LogP contribution in [0.25, 0.3) is 0 Å². The zero-order valence-electron chi connectivity index (χ0n) is 10.2. The van der Waals surface area contributed by atoms with Crippen LogP contribution in [0.5, 0.6) is 5.75 Å². The Balaban J connectivity index is 2.14. The van der Waals surface area contributed by atoms with E-state index in [1.807, 2.05) is 0 Å². The maximum absolute atomic E-state index is 12.8. The summed E-state index contributed by atoms with van der Waals surface area (Å²) in [5.74, 6) is -0.948. The highest BCUT2D eigenvalue weighted by Gasteiger charge is 2.34. The minimum atomic E-state index is -4.55. The molecule has 0 amide bonds. The number of hydrogen-bond donors (Lipinski definition) is 0. The van der Waals surface area contributed by atoms with Gasteiger partial charge in [-0.3, -0.25) is 4.79 Å². The number of ketones is 1. The minimum absolute atomic E-state index is 0.135. The Morgan fingerprint density at radius 2 is 1.90 bits per heavy atom. The van der Waals surface area contributed by atoms with Gasteiger partial charge >= 0.3 is 6.18 Å². The van der Waals surface area contributed by atoms with E-state index in [0.29, 0.717) is 4.34 Å². The number of thiophene rings is 1. The molecule has 112 valence electrons. The first-order valence-corrected chi connectivity index (χ1v) is 7.13. The summed E-state index contributed by atoms with van der Waals surface area (Å²) in [5.41, 5.74) is -0.802. The predicted octanol–water partition coefficient (Wildman–Crippen LogP) is 5.34. The topological polar surface area (TPSA) is 26.3 Å². The van der Waals surface area contributed by atoms with E-state index in [2.05, 4.69) is 0 Å². The summed E-state index contributed by atoms with van der Waals surface area (Å²) in [6.45, 7) is -0.556. The highest BCUT2D eigenvalue weighted by molar-refractivity contribution is 7.20. The SMILES string of the molecule is O=C(COc1ccccc1C(F)(F)F)c1cc(Cl)sc1Cl. The van der Waals surface area contributed by atoms with Crippen molar-refractivity contribution in [2.75, 3.05) is 6.61 Å². The van der Waals surface area contributed by atoms with Gasteiger partial charge in [0.1, 0.15) is 10.1 Å². The average Bonchev–Trinajstić information content (AvgIpc) is 2.74. The number of para-hydroxylation sites is 1. The van der Waals surface area contributed by atoms with Gasteiger partial charge in [-0.25, -0.2) is 0 Å². The van der Waals surface area contributed by atoms with Gasteiger partial charge in [-0.05, 0) is 18.2 Å². The van der Waals surface area contributed by atoms with Gasteiger partial charge in [0.05, 0.1) is 15.5 Å². The number of halogens is 5. The largest absolute Gasteiger partial charge is 0.485 e. The lowest BCUT2D eigenvalue weighted by Gasteiger charge is -2.13. The normalized spacial score (nSPS) is 11.5. The number of Topliss-reactive ketones (excluding diaryl/α,β-unsaturated/α-hetero) is 1. The third kappa shape index (κ3) is 3.90. The van der Waals surface area contributed by atoms with Crippen LogP contribution in [-0.2, 0) is 6.18 Å². The quantitative estimate of drug-likeness (QED) is 0.693. The van der Waals surface area contributed by atoms with Crippen molar-refractivity contribution < 1.29 is 22.7 Å². The molecule has 2 aromatic rings. The lowest BCUT2D eigenvalue weighted by atomic mass is 10.2. The van der Waals surface area contributed by atoms with Crippen LogP contribution in [0, 0.1) is 0 Å². The van der Waals surface area contributed by atoms with Crippen molar-refractivity contribution in [2.45, 2.75) is 6.18 Å². The standard InChI is InChI=1S/C13H7Cl2F3O2S/c14-11-5-7(12(15)21-11)9(19)6-20-10-4-2-1-3-8(10)13(16,17)18/h1-5H,6H2. The Kier molecular flexibility index (Phi) is 4.81. The molecule has 2 rings (SSSR count). The summed E-state index contributed by atoms with van der Waals surface area (Å²) in [6.07, 6.45) is -4.55. The maximum atomic E-state index is 12.8. The summed E-state index contributed by atoms with van der Waals surface area (Å²) < 4.78 is 43.8. The smallest absolute Gasteiger partial charge is 0.419 e. The number of alkyl halides is 3. The van der Waals surface area contributed by atoms with Crippen LogP contribution < -0.4 is 4.74 Å². The summed E-state index contributed by atoms with van der Waals surface area (Å²) in [7, 11) is 0. The van der Waals surface area contributed by atoms with Crippen LogP contribution in [-0.4, -0.2) is 12.4 Å². The van der Waals surface area contributed by atoms with Crippen LogP contribution in [0.15, 0.2) is 30.3 Å². The van der Waals surface area contributed by atoms with Crippen LogP contribution in [0.1, 0.15) is 15.9 Å². The Morgan fingerprint density at radius 3 is 2.48 bits per heavy atom. The van der Waals surface area contributed by atoms with E-state index in [-0.39, 0.29) is 9.90 Å². The van der Waals surface area contributed by atoms with Gasteiger partial charge in [0.25, 0.3) is 0 Å². The zero-order chi connectivity index (χ0) is 15.6. The second-order valence-corrected chi connectivity index (χ2v) is 6.23. The van der Waals surface area contributed by atoms with Gasteiger partial charge in [0.2, 0.25) is 5.78 Å². The van der Waals surface area contributed by atoms with E-state index in [9.17, 15) is 18.0 Å². The van der Waals surface area contributed by atoms with Gasteiger partial charge in [-0.1, -0.05) is 35.3 Å². The number of carbonyl (C=O) groups is 1. The van der Waals surface area contributed by atoms with Crippen LogP contribution in [0.2, 0.25) is 8.67 Å². The van der Waals surface area contributed by atoms with Crippen molar-refractivity contribution in [3.63, 3.8) is 0 Å². The van der Waals surface area contributed by atoms with E-state index in [0.717, 1.165) is 23.5 Å². The lowest BCUT2D eigenvalue weighted by molar-refractivity contribution is -0.138. The average molecular weight is 355 g/mol. The summed E-state index contributed by atoms with van der Waals surface area (Å²) in [4.78, 5) is 11.9. The molecule has 0 aliphatic heterocycles. The molecule has 0 aliphatic carbocycles. The van der Waals surface area contributed by atoms with E-state index < -0.39 is 29.9 Å². The molecule has 2 nitrogen and oxygen atoms in total. The maximum Gasteiger partial charge on any atom is 0.419 e. The van der Waals surface area contributed by atoms with Gasteiger partial charge in [-0.15, -0.1) is 11.3 Å². The molecule has 0 aliphatic rings.